The molecule has 0 spiro atoms. The lowest BCUT2D eigenvalue weighted by molar-refractivity contribution is 0.0734. The maximum Gasteiger partial charge on any atom is 0.343 e. The van der Waals surface area contributed by atoms with E-state index in [2.05, 4.69) is 6.92 Å². The van der Waals surface area contributed by atoms with E-state index in [9.17, 15) is 9.59 Å². The summed E-state index contributed by atoms with van der Waals surface area (Å²) in [6.45, 7) is 5.42. The van der Waals surface area contributed by atoms with Gasteiger partial charge in [0.2, 0.25) is 0 Å². The molecule has 0 saturated carbocycles. The van der Waals surface area contributed by atoms with Crippen molar-refractivity contribution in [2.45, 2.75) is 44.8 Å². The molecule has 5 aromatic carbocycles. The van der Waals surface area contributed by atoms with E-state index in [0.29, 0.717) is 36.6 Å². The lowest BCUT2D eigenvalue weighted by Gasteiger charge is -2.23. The van der Waals surface area contributed by atoms with Gasteiger partial charge in [-0.2, -0.15) is 0 Å². The van der Waals surface area contributed by atoms with Crippen LogP contribution in [-0.2, 0) is 9.47 Å². The predicted molar refractivity (Wildman–Crippen MR) is 201 cm³/mol. The van der Waals surface area contributed by atoms with Gasteiger partial charge in [-0.25, -0.2) is 4.79 Å². The van der Waals surface area contributed by atoms with Gasteiger partial charge >= 0.3 is 5.97 Å². The van der Waals surface area contributed by atoms with Gasteiger partial charge in [0.1, 0.15) is 42.7 Å². The van der Waals surface area contributed by atoms with Gasteiger partial charge in [-0.1, -0.05) is 74.7 Å². The summed E-state index contributed by atoms with van der Waals surface area (Å²) in [7, 11) is 0. The number of hydrogen-bond acceptors (Lipinski definition) is 7. The second-order valence-electron chi connectivity index (χ2n) is 13.1. The van der Waals surface area contributed by atoms with E-state index in [1.54, 1.807) is 24.3 Å². The number of carbonyl (C=O) groups is 2. The monoisotopic (exact) mass is 697 g/mol. The van der Waals surface area contributed by atoms with Crippen LogP contribution < -0.4 is 19.1 Å². The lowest BCUT2D eigenvalue weighted by atomic mass is 10.0. The molecule has 2 heterocycles. The van der Waals surface area contributed by atoms with Crippen LogP contribution in [0.5, 0.6) is 17.2 Å². The van der Waals surface area contributed by atoms with E-state index in [-0.39, 0.29) is 18.1 Å². The molecule has 2 aliphatic rings. The molecule has 2 aliphatic heterocycles. The summed E-state index contributed by atoms with van der Waals surface area (Å²) in [5, 5.41) is 0. The predicted octanol–water partition coefficient (Wildman–Crippen LogP) is 9.02. The second kappa shape index (κ2) is 16.7. The summed E-state index contributed by atoms with van der Waals surface area (Å²) in [6.07, 6.45) is 4.58. The number of anilines is 1. The Labute approximate surface area is 304 Å². The summed E-state index contributed by atoms with van der Waals surface area (Å²) in [5.74, 6) is 1.49. The highest BCUT2D eigenvalue weighted by Crippen LogP contribution is 2.28. The van der Waals surface area contributed by atoms with Gasteiger partial charge in [-0.3, -0.25) is 4.79 Å². The van der Waals surface area contributed by atoms with Crippen molar-refractivity contribution in [2.75, 3.05) is 37.9 Å². The van der Waals surface area contributed by atoms with Crippen molar-refractivity contribution >= 4 is 17.6 Å². The first-order chi connectivity index (χ1) is 25.5. The van der Waals surface area contributed by atoms with Gasteiger partial charge < -0.3 is 28.6 Å². The molecule has 266 valence electrons. The van der Waals surface area contributed by atoms with E-state index >= 15 is 0 Å². The van der Waals surface area contributed by atoms with E-state index in [1.165, 1.54) is 0 Å². The molecule has 0 N–H and O–H groups in total. The number of rotatable bonds is 17. The van der Waals surface area contributed by atoms with Crippen LogP contribution >= 0.6 is 0 Å². The number of hydrogen-bond donors (Lipinski definition) is 0. The van der Waals surface area contributed by atoms with Crippen LogP contribution in [0.15, 0.2) is 121 Å². The minimum atomic E-state index is -0.451. The Morgan fingerprint density at radius 2 is 1.02 bits per heavy atom. The Kier molecular flexibility index (Phi) is 11.2. The average molecular weight is 698 g/mol. The van der Waals surface area contributed by atoms with Crippen LogP contribution in [0.4, 0.5) is 5.69 Å². The fourth-order valence-corrected chi connectivity index (χ4v) is 5.86. The summed E-state index contributed by atoms with van der Waals surface area (Å²) < 4.78 is 27.6. The molecule has 0 aliphatic carbocycles. The Bertz CT molecular complexity index is 1910. The van der Waals surface area contributed by atoms with Crippen molar-refractivity contribution in [2.24, 2.45) is 0 Å². The van der Waals surface area contributed by atoms with Crippen molar-refractivity contribution in [3.63, 3.8) is 0 Å². The maximum absolute atomic E-state index is 13.9. The lowest BCUT2D eigenvalue weighted by Crippen LogP contribution is -2.32. The van der Waals surface area contributed by atoms with Crippen molar-refractivity contribution in [1.82, 2.24) is 0 Å². The molecule has 8 heteroatoms. The van der Waals surface area contributed by atoms with Gasteiger partial charge in [-0.05, 0) is 101 Å². The van der Waals surface area contributed by atoms with Crippen molar-refractivity contribution in [3.05, 3.63) is 132 Å². The van der Waals surface area contributed by atoms with Crippen LogP contribution in [0, 0.1) is 0 Å². The third-order valence-electron chi connectivity index (χ3n) is 9.14. The summed E-state index contributed by atoms with van der Waals surface area (Å²) in [5.41, 5.74) is 5.86. The standard InChI is InChI=1S/C44H43NO7/c1-2-3-4-5-26-45(43(46)35-10-6-31(7-11-35)33-14-20-38(21-15-33)48-27-41-29-50-41)37-18-24-40(25-19-37)52-44(47)36-12-8-32(9-13-36)34-16-22-39(23-17-34)49-28-42-30-51-42/h6-25,41-42H,2-5,26-30H2,1H3. The zero-order chi connectivity index (χ0) is 35.7. The van der Waals surface area contributed by atoms with Crippen LogP contribution in [0.25, 0.3) is 22.3 Å². The highest BCUT2D eigenvalue weighted by atomic mass is 16.6. The number of ether oxygens (including phenoxy) is 5. The van der Waals surface area contributed by atoms with Gasteiger partial charge in [0, 0.05) is 17.8 Å². The molecular formula is C44H43NO7. The van der Waals surface area contributed by atoms with E-state index < -0.39 is 5.97 Å². The molecule has 8 nitrogen and oxygen atoms in total. The van der Waals surface area contributed by atoms with Gasteiger partial charge in [0.15, 0.2) is 0 Å². The fourth-order valence-electron chi connectivity index (χ4n) is 5.86. The Morgan fingerprint density at radius 3 is 1.48 bits per heavy atom. The first kappa shape index (κ1) is 35.0. The Balaban J connectivity index is 0.973. The second-order valence-corrected chi connectivity index (χ2v) is 13.1. The van der Waals surface area contributed by atoms with Crippen molar-refractivity contribution < 1.29 is 33.3 Å². The number of epoxide rings is 2. The molecule has 0 radical (unpaired) electrons. The molecule has 2 saturated heterocycles. The smallest absolute Gasteiger partial charge is 0.343 e. The topological polar surface area (TPSA) is 90.1 Å². The van der Waals surface area contributed by atoms with Gasteiger partial charge in [0.25, 0.3) is 5.91 Å². The number of benzene rings is 5. The first-order valence-electron chi connectivity index (χ1n) is 18.1. The van der Waals surface area contributed by atoms with Gasteiger partial charge in [0.05, 0.1) is 18.8 Å². The van der Waals surface area contributed by atoms with E-state index in [0.717, 1.165) is 78.3 Å². The third kappa shape index (κ3) is 9.46. The molecular weight excluding hydrogens is 654 g/mol. The molecule has 1 amide bonds. The van der Waals surface area contributed by atoms with Crippen LogP contribution in [0.2, 0.25) is 0 Å². The van der Waals surface area contributed by atoms with Crippen LogP contribution in [0.1, 0.15) is 53.3 Å². The molecule has 7 rings (SSSR count). The third-order valence-corrected chi connectivity index (χ3v) is 9.14. The zero-order valence-corrected chi connectivity index (χ0v) is 29.4. The summed E-state index contributed by atoms with van der Waals surface area (Å²) >= 11 is 0. The van der Waals surface area contributed by atoms with Crippen LogP contribution in [0.3, 0.4) is 0 Å². The summed E-state index contributed by atoms with van der Waals surface area (Å²) in [4.78, 5) is 28.7. The number of amides is 1. The Hall–Kier alpha value is -5.44. The first-order valence-corrected chi connectivity index (χ1v) is 18.1. The number of nitrogens with zero attached hydrogens (tertiary/aromatic N) is 1. The largest absolute Gasteiger partial charge is 0.491 e. The van der Waals surface area contributed by atoms with Crippen LogP contribution in [-0.4, -0.2) is 57.1 Å². The SMILES string of the molecule is CCCCCCN(C(=O)c1ccc(-c2ccc(OCC3CO3)cc2)cc1)c1ccc(OC(=O)c2ccc(-c3ccc(OCC4CO4)cc3)cc2)cc1. The highest BCUT2D eigenvalue weighted by Gasteiger charge is 2.24. The van der Waals surface area contributed by atoms with E-state index in [1.807, 2.05) is 102 Å². The minimum absolute atomic E-state index is 0.0750. The number of carbonyl (C=O) groups excluding carboxylic acids is 2. The van der Waals surface area contributed by atoms with E-state index in [4.69, 9.17) is 23.7 Å². The zero-order valence-electron chi connectivity index (χ0n) is 29.4. The number of esters is 1. The van der Waals surface area contributed by atoms with Gasteiger partial charge in [-0.15, -0.1) is 0 Å². The molecule has 2 fully saturated rings. The molecule has 5 aromatic rings. The van der Waals surface area contributed by atoms with Crippen molar-refractivity contribution in [3.8, 4) is 39.5 Å². The molecule has 2 unspecified atom stereocenters. The molecule has 0 aromatic heterocycles. The average Bonchev–Trinajstić information content (AvgIpc) is 4.14. The molecule has 0 bridgehead atoms. The molecule has 52 heavy (non-hydrogen) atoms. The maximum atomic E-state index is 13.9. The normalized spacial score (nSPS) is 15.8. The quantitative estimate of drug-likeness (QED) is 0.0415. The molecule has 2 atom stereocenters. The summed E-state index contributed by atoms with van der Waals surface area (Å²) in [6, 6.07) is 38.0. The number of unbranched alkanes of at least 4 members (excludes halogenated alkanes) is 3. The minimum Gasteiger partial charge on any atom is -0.491 e. The Morgan fingerprint density at radius 1 is 0.577 bits per heavy atom. The van der Waals surface area contributed by atoms with Crippen molar-refractivity contribution in [1.29, 1.82) is 0 Å². The fraction of sp³-hybridized carbons (Fsp3) is 0.273. The highest BCUT2D eigenvalue weighted by molar-refractivity contribution is 6.06.